The second-order valence-electron chi connectivity index (χ2n) is 6.20. The van der Waals surface area contributed by atoms with Gasteiger partial charge in [0.25, 0.3) is 15.9 Å². The zero-order chi connectivity index (χ0) is 21.2. The molecule has 154 valence electrons. The third-order valence-corrected chi connectivity index (χ3v) is 5.61. The van der Waals surface area contributed by atoms with E-state index in [0.29, 0.717) is 5.56 Å². The Labute approximate surface area is 164 Å². The number of nitrogens with one attached hydrogen (secondary N) is 1. The first-order chi connectivity index (χ1) is 13.6. The molecule has 1 unspecified atom stereocenters. The second kappa shape index (κ2) is 7.84. The fraction of sp³-hybridized carbons (Fsp3) is 0.222. The number of aliphatic hydroxyl groups is 1. The van der Waals surface area contributed by atoms with Crippen molar-refractivity contribution in [2.24, 2.45) is 5.10 Å². The second-order valence-corrected chi connectivity index (χ2v) is 7.88. The molecular weight excluding hydrogens is 411 g/mol. The Morgan fingerprint density at radius 2 is 1.76 bits per heavy atom. The van der Waals surface area contributed by atoms with Gasteiger partial charge < -0.3 is 5.11 Å². The zero-order valence-corrected chi connectivity index (χ0v) is 15.6. The third-order valence-electron chi connectivity index (χ3n) is 4.23. The van der Waals surface area contributed by atoms with Crippen molar-refractivity contribution in [1.82, 2.24) is 4.72 Å². The average Bonchev–Trinajstić information content (AvgIpc) is 3.14. The van der Waals surface area contributed by atoms with Crippen molar-refractivity contribution in [3.8, 4) is 0 Å². The lowest BCUT2D eigenvalue weighted by Crippen LogP contribution is -2.32. The van der Waals surface area contributed by atoms with Crippen LogP contribution in [-0.4, -0.2) is 37.9 Å². The fourth-order valence-electron chi connectivity index (χ4n) is 2.87. The number of halogens is 3. The molecule has 0 saturated heterocycles. The Morgan fingerprint density at radius 3 is 2.31 bits per heavy atom. The fourth-order valence-corrected chi connectivity index (χ4v) is 3.85. The van der Waals surface area contributed by atoms with Gasteiger partial charge in [0.05, 0.1) is 16.6 Å². The quantitative estimate of drug-likeness (QED) is 0.763. The van der Waals surface area contributed by atoms with Crippen LogP contribution in [0.1, 0.15) is 18.0 Å². The average molecular weight is 427 g/mol. The summed E-state index contributed by atoms with van der Waals surface area (Å²) in [4.78, 5) is 10.9. The summed E-state index contributed by atoms with van der Waals surface area (Å²) in [6.45, 7) is -1.00. The van der Waals surface area contributed by atoms with Crippen LogP contribution < -0.4 is 9.73 Å². The number of aliphatic hydroxyl groups excluding tert-OH is 1. The van der Waals surface area contributed by atoms with E-state index in [9.17, 15) is 26.4 Å². The van der Waals surface area contributed by atoms with Gasteiger partial charge in [-0.25, -0.2) is 13.1 Å². The lowest BCUT2D eigenvalue weighted by Gasteiger charge is -2.24. The maximum absolute atomic E-state index is 13.2. The lowest BCUT2D eigenvalue weighted by atomic mass is 10.0. The van der Waals surface area contributed by atoms with E-state index in [1.165, 1.54) is 17.1 Å². The van der Waals surface area contributed by atoms with E-state index in [2.05, 4.69) is 5.10 Å². The van der Waals surface area contributed by atoms with Crippen LogP contribution in [0.15, 0.2) is 64.6 Å². The minimum absolute atomic E-state index is 0.255. The highest BCUT2D eigenvalue weighted by atomic mass is 32.2. The molecule has 1 atom stereocenters. The third kappa shape index (κ3) is 4.57. The Balaban J connectivity index is 1.94. The van der Waals surface area contributed by atoms with Crippen molar-refractivity contribution >= 4 is 27.3 Å². The maximum atomic E-state index is 13.2. The number of alkyl halides is 3. The number of sulfonamides is 1. The predicted octanol–water partition coefficient (Wildman–Crippen LogP) is 2.35. The highest BCUT2D eigenvalue weighted by Gasteiger charge is 2.43. The van der Waals surface area contributed by atoms with E-state index in [1.54, 1.807) is 35.1 Å². The van der Waals surface area contributed by atoms with E-state index in [0.717, 1.165) is 12.1 Å². The molecule has 2 aromatic carbocycles. The minimum Gasteiger partial charge on any atom is -0.387 e. The summed E-state index contributed by atoms with van der Waals surface area (Å²) in [5.41, 5.74) is -0.0498. The molecule has 1 aliphatic heterocycles. The summed E-state index contributed by atoms with van der Waals surface area (Å²) in [7, 11) is -4.21. The number of anilines is 1. The molecule has 0 aromatic heterocycles. The molecular formula is C18H16F3N3O4S. The van der Waals surface area contributed by atoms with E-state index in [-0.39, 0.29) is 17.0 Å². The molecule has 3 rings (SSSR count). The van der Waals surface area contributed by atoms with Crippen molar-refractivity contribution in [3.05, 3.63) is 60.2 Å². The van der Waals surface area contributed by atoms with Gasteiger partial charge in [0.2, 0.25) is 0 Å². The highest BCUT2D eigenvalue weighted by Crippen LogP contribution is 2.39. The molecule has 7 nitrogen and oxygen atoms in total. The first-order valence-corrected chi connectivity index (χ1v) is 9.85. The SMILES string of the molecule is O=C(CO)NS(=O)(=O)c1ccc(N2N=C(C(F)(F)F)CC2c2ccccc2)cc1. The standard InChI is InChI=1S/C18H16F3N3O4S/c19-18(20,21)16-10-15(12-4-2-1-3-5-12)24(22-16)13-6-8-14(9-7-13)29(27,28)23-17(26)11-25/h1-9,15,25H,10-11H2,(H,23,26). The Bertz CT molecular complexity index is 1020. The van der Waals surface area contributed by atoms with Crippen LogP contribution in [0.3, 0.4) is 0 Å². The Kier molecular flexibility index (Phi) is 5.62. The van der Waals surface area contributed by atoms with Crippen LogP contribution in [0.5, 0.6) is 0 Å². The van der Waals surface area contributed by atoms with Gasteiger partial charge in [-0.15, -0.1) is 0 Å². The zero-order valence-electron chi connectivity index (χ0n) is 14.8. The Morgan fingerprint density at radius 1 is 1.14 bits per heavy atom. The van der Waals surface area contributed by atoms with Gasteiger partial charge in [-0.1, -0.05) is 30.3 Å². The summed E-state index contributed by atoms with van der Waals surface area (Å²) in [6, 6.07) is 12.7. The van der Waals surface area contributed by atoms with Crippen LogP contribution >= 0.6 is 0 Å². The van der Waals surface area contributed by atoms with Crippen molar-refractivity contribution in [2.45, 2.75) is 23.5 Å². The minimum atomic E-state index is -4.58. The van der Waals surface area contributed by atoms with Gasteiger partial charge in [-0.2, -0.15) is 18.3 Å². The first-order valence-electron chi connectivity index (χ1n) is 8.37. The van der Waals surface area contributed by atoms with Gasteiger partial charge >= 0.3 is 6.18 Å². The molecule has 0 radical (unpaired) electrons. The number of hydrazone groups is 1. The van der Waals surface area contributed by atoms with E-state index in [1.807, 2.05) is 0 Å². The van der Waals surface area contributed by atoms with Gasteiger partial charge in [-0.05, 0) is 29.8 Å². The van der Waals surface area contributed by atoms with Gasteiger partial charge in [-0.3, -0.25) is 9.80 Å². The number of hydrogen-bond acceptors (Lipinski definition) is 6. The monoisotopic (exact) mass is 427 g/mol. The largest absolute Gasteiger partial charge is 0.431 e. The maximum Gasteiger partial charge on any atom is 0.431 e. The van der Waals surface area contributed by atoms with E-state index < -0.39 is 40.5 Å². The molecule has 0 fully saturated rings. The molecule has 29 heavy (non-hydrogen) atoms. The normalized spacial score (nSPS) is 17.2. The number of nitrogens with zero attached hydrogens (tertiary/aromatic N) is 2. The smallest absolute Gasteiger partial charge is 0.387 e. The van der Waals surface area contributed by atoms with Crippen molar-refractivity contribution < 1.29 is 31.5 Å². The summed E-state index contributed by atoms with van der Waals surface area (Å²) >= 11 is 0. The van der Waals surface area contributed by atoms with Crippen molar-refractivity contribution in [2.75, 3.05) is 11.6 Å². The lowest BCUT2D eigenvalue weighted by molar-refractivity contribution is -0.122. The molecule has 11 heteroatoms. The van der Waals surface area contributed by atoms with Crippen LogP contribution in [-0.2, 0) is 14.8 Å². The number of carbonyl (C=O) groups is 1. The van der Waals surface area contributed by atoms with Gasteiger partial charge in [0, 0.05) is 6.42 Å². The summed E-state index contributed by atoms with van der Waals surface area (Å²) in [6.07, 6.45) is -4.93. The van der Waals surface area contributed by atoms with Crippen LogP contribution in [0.4, 0.5) is 18.9 Å². The summed E-state index contributed by atoms with van der Waals surface area (Å²) in [5, 5.41) is 13.6. The number of benzene rings is 2. The molecule has 1 amide bonds. The molecule has 1 heterocycles. The van der Waals surface area contributed by atoms with Crippen molar-refractivity contribution in [3.63, 3.8) is 0 Å². The molecule has 0 spiro atoms. The number of carbonyl (C=O) groups excluding carboxylic acids is 1. The summed E-state index contributed by atoms with van der Waals surface area (Å²) in [5.74, 6) is -1.10. The van der Waals surface area contributed by atoms with E-state index in [4.69, 9.17) is 5.11 Å². The van der Waals surface area contributed by atoms with Crippen LogP contribution in [0, 0.1) is 0 Å². The van der Waals surface area contributed by atoms with E-state index >= 15 is 0 Å². The topological polar surface area (TPSA) is 99.1 Å². The molecule has 2 N–H and O–H groups in total. The molecule has 2 aromatic rings. The number of rotatable bonds is 5. The van der Waals surface area contributed by atoms with Gasteiger partial charge in [0.1, 0.15) is 12.3 Å². The molecule has 0 bridgehead atoms. The first kappa shape index (κ1) is 20.8. The molecule has 1 aliphatic rings. The Hall–Kier alpha value is -2.92. The number of hydrogen-bond donors (Lipinski definition) is 2. The van der Waals surface area contributed by atoms with Crippen molar-refractivity contribution in [1.29, 1.82) is 0 Å². The molecule has 0 saturated carbocycles. The predicted molar refractivity (Wildman–Crippen MR) is 98.6 cm³/mol. The van der Waals surface area contributed by atoms with Crippen LogP contribution in [0.2, 0.25) is 0 Å². The highest BCUT2D eigenvalue weighted by molar-refractivity contribution is 7.90. The summed E-state index contributed by atoms with van der Waals surface area (Å²) < 4.78 is 65.5. The van der Waals surface area contributed by atoms with Gasteiger partial charge in [0.15, 0.2) is 0 Å². The molecule has 0 aliphatic carbocycles. The number of amides is 1. The van der Waals surface area contributed by atoms with Crippen LogP contribution in [0.25, 0.3) is 0 Å².